The van der Waals surface area contributed by atoms with E-state index in [0.717, 1.165) is 11.3 Å². The Balaban J connectivity index is 1.99. The van der Waals surface area contributed by atoms with Crippen LogP contribution in [0.3, 0.4) is 0 Å². The van der Waals surface area contributed by atoms with Crippen molar-refractivity contribution in [3.8, 4) is 5.75 Å². The summed E-state index contributed by atoms with van der Waals surface area (Å²) < 4.78 is 38.1. The van der Waals surface area contributed by atoms with Crippen LogP contribution < -0.4 is 9.46 Å². The van der Waals surface area contributed by atoms with Crippen molar-refractivity contribution in [1.82, 2.24) is 4.72 Å². The maximum absolute atomic E-state index is 12.4. The normalized spacial score (nSPS) is 13.0. The van der Waals surface area contributed by atoms with E-state index >= 15 is 0 Å². The number of nitrogens with one attached hydrogen (secondary N) is 1. The van der Waals surface area contributed by atoms with E-state index in [1.165, 1.54) is 6.07 Å². The Morgan fingerprint density at radius 3 is 2.52 bits per heavy atom. The van der Waals surface area contributed by atoms with Crippen molar-refractivity contribution in [2.45, 2.75) is 45.1 Å². The molecular weight excluding hydrogens is 342 g/mol. The van der Waals surface area contributed by atoms with Gasteiger partial charge in [0, 0.05) is 12.1 Å². The minimum Gasteiger partial charge on any atom is -0.494 e. The highest BCUT2D eigenvalue weighted by atomic mass is 32.2. The summed E-state index contributed by atoms with van der Waals surface area (Å²) in [6.45, 7) is 7.91. The second kappa shape index (κ2) is 8.03. The molecule has 0 aliphatic carbocycles. The third kappa shape index (κ3) is 4.84. The number of benzene rings is 1. The molecule has 0 bridgehead atoms. The Hall–Kier alpha value is -1.83. The minimum atomic E-state index is -3.64. The van der Waals surface area contributed by atoms with E-state index in [4.69, 9.17) is 9.15 Å². The van der Waals surface area contributed by atoms with Gasteiger partial charge in [0.15, 0.2) is 0 Å². The molecule has 6 nitrogen and oxygen atoms in total. The molecule has 0 aliphatic rings. The molecule has 1 aromatic heterocycles. The lowest BCUT2D eigenvalue weighted by Crippen LogP contribution is -2.26. The summed E-state index contributed by atoms with van der Waals surface area (Å²) in [4.78, 5) is 0.179. The fraction of sp³-hybridized carbons (Fsp3) is 0.444. The molecule has 1 atom stereocenters. The third-order valence-electron chi connectivity index (χ3n) is 3.90. The fourth-order valence-corrected chi connectivity index (χ4v) is 3.79. The summed E-state index contributed by atoms with van der Waals surface area (Å²) in [7, 11) is -3.64. The Labute approximate surface area is 148 Å². The highest BCUT2D eigenvalue weighted by Gasteiger charge is 2.18. The molecule has 2 N–H and O–H groups in total. The number of hydrogen-bond donors (Lipinski definition) is 2. The van der Waals surface area contributed by atoms with Crippen molar-refractivity contribution in [3.05, 3.63) is 46.9 Å². The first-order valence-electron chi connectivity index (χ1n) is 8.22. The van der Waals surface area contributed by atoms with Gasteiger partial charge in [0.05, 0.1) is 17.6 Å². The number of aliphatic hydroxyl groups excluding tert-OH is 1. The predicted octanol–water partition coefficient (Wildman–Crippen LogP) is 3.01. The van der Waals surface area contributed by atoms with Gasteiger partial charge in [-0.3, -0.25) is 0 Å². The van der Waals surface area contributed by atoms with Gasteiger partial charge in [-0.05, 0) is 63.9 Å². The highest BCUT2D eigenvalue weighted by Crippen LogP contribution is 2.24. The lowest BCUT2D eigenvalue weighted by Gasteiger charge is -2.12. The first-order chi connectivity index (χ1) is 11.7. The van der Waals surface area contributed by atoms with E-state index in [2.05, 4.69) is 4.72 Å². The van der Waals surface area contributed by atoms with Gasteiger partial charge in [0.1, 0.15) is 17.3 Å². The molecule has 2 rings (SSSR count). The third-order valence-corrected chi connectivity index (χ3v) is 5.36. The number of hydrogen-bond acceptors (Lipinski definition) is 5. The molecule has 138 valence electrons. The van der Waals surface area contributed by atoms with Crippen LogP contribution in [0, 0.1) is 20.8 Å². The summed E-state index contributed by atoms with van der Waals surface area (Å²) >= 11 is 0. The molecule has 0 aliphatic heterocycles. The monoisotopic (exact) mass is 367 g/mol. The van der Waals surface area contributed by atoms with Gasteiger partial charge >= 0.3 is 0 Å². The van der Waals surface area contributed by atoms with E-state index < -0.39 is 16.1 Å². The average Bonchev–Trinajstić information content (AvgIpc) is 2.87. The Kier molecular flexibility index (Phi) is 6.26. The van der Waals surface area contributed by atoms with Crippen LogP contribution in [0.2, 0.25) is 0 Å². The van der Waals surface area contributed by atoms with Crippen LogP contribution in [-0.4, -0.2) is 26.7 Å². The SMILES string of the molecule is CCOc1ccc(S(=O)(=O)NCC[C@@H](O)c2cc(C)oc2C)cc1C. The summed E-state index contributed by atoms with van der Waals surface area (Å²) in [6, 6.07) is 6.51. The zero-order valence-electron chi connectivity index (χ0n) is 15.0. The Morgan fingerprint density at radius 1 is 1.24 bits per heavy atom. The van der Waals surface area contributed by atoms with Gasteiger partial charge < -0.3 is 14.3 Å². The van der Waals surface area contributed by atoms with Gasteiger partial charge in [-0.1, -0.05) is 0 Å². The Morgan fingerprint density at radius 2 is 1.96 bits per heavy atom. The number of sulfonamides is 1. The van der Waals surface area contributed by atoms with Gasteiger partial charge in [-0.25, -0.2) is 13.1 Å². The second-order valence-electron chi connectivity index (χ2n) is 5.93. The molecular formula is C18H25NO5S. The lowest BCUT2D eigenvalue weighted by atomic mass is 10.1. The van der Waals surface area contributed by atoms with Crippen LogP contribution in [0.15, 0.2) is 33.6 Å². The molecule has 25 heavy (non-hydrogen) atoms. The van der Waals surface area contributed by atoms with Crippen LogP contribution in [-0.2, 0) is 10.0 Å². The second-order valence-corrected chi connectivity index (χ2v) is 7.70. The number of aliphatic hydroxyl groups is 1. The summed E-state index contributed by atoms with van der Waals surface area (Å²) in [5.41, 5.74) is 1.45. The van der Waals surface area contributed by atoms with E-state index in [1.807, 2.05) is 6.92 Å². The average molecular weight is 367 g/mol. The molecule has 1 heterocycles. The molecule has 0 fully saturated rings. The largest absolute Gasteiger partial charge is 0.494 e. The van der Waals surface area contributed by atoms with E-state index in [-0.39, 0.29) is 17.9 Å². The van der Waals surface area contributed by atoms with Crippen molar-refractivity contribution in [1.29, 1.82) is 0 Å². The minimum absolute atomic E-state index is 0.124. The van der Waals surface area contributed by atoms with Crippen LogP contribution in [0.1, 0.15) is 42.1 Å². The number of aryl methyl sites for hydroxylation is 3. The van der Waals surface area contributed by atoms with Crippen molar-refractivity contribution < 1.29 is 22.7 Å². The van der Waals surface area contributed by atoms with Gasteiger partial charge in [-0.15, -0.1) is 0 Å². The molecule has 0 radical (unpaired) electrons. The zero-order valence-corrected chi connectivity index (χ0v) is 15.8. The van der Waals surface area contributed by atoms with Gasteiger partial charge in [0.2, 0.25) is 10.0 Å². The predicted molar refractivity (Wildman–Crippen MR) is 95.3 cm³/mol. The van der Waals surface area contributed by atoms with Crippen LogP contribution in [0.5, 0.6) is 5.75 Å². The number of ether oxygens (including phenoxy) is 1. The number of rotatable bonds is 8. The molecule has 0 spiro atoms. The number of furan rings is 1. The highest BCUT2D eigenvalue weighted by molar-refractivity contribution is 7.89. The molecule has 0 saturated heterocycles. The summed E-state index contributed by atoms with van der Waals surface area (Å²) in [5, 5.41) is 10.2. The molecule has 0 unspecified atom stereocenters. The lowest BCUT2D eigenvalue weighted by molar-refractivity contribution is 0.167. The first-order valence-corrected chi connectivity index (χ1v) is 9.71. The summed E-state index contributed by atoms with van der Waals surface area (Å²) in [6.07, 6.45) is -0.517. The quantitative estimate of drug-likeness (QED) is 0.749. The first kappa shape index (κ1) is 19.5. The molecule has 0 amide bonds. The van der Waals surface area contributed by atoms with Gasteiger partial charge in [0.25, 0.3) is 0 Å². The van der Waals surface area contributed by atoms with Crippen LogP contribution >= 0.6 is 0 Å². The molecule has 2 aromatic rings. The molecule has 7 heteroatoms. The maximum atomic E-state index is 12.4. The smallest absolute Gasteiger partial charge is 0.240 e. The van der Waals surface area contributed by atoms with E-state index in [1.54, 1.807) is 39.0 Å². The van der Waals surface area contributed by atoms with Crippen LogP contribution in [0.4, 0.5) is 0 Å². The van der Waals surface area contributed by atoms with E-state index in [9.17, 15) is 13.5 Å². The molecule has 1 aromatic carbocycles. The summed E-state index contributed by atoms with van der Waals surface area (Å²) in [5.74, 6) is 2.04. The van der Waals surface area contributed by atoms with Crippen molar-refractivity contribution in [2.75, 3.05) is 13.2 Å². The van der Waals surface area contributed by atoms with Crippen molar-refractivity contribution in [2.24, 2.45) is 0 Å². The maximum Gasteiger partial charge on any atom is 0.240 e. The van der Waals surface area contributed by atoms with Gasteiger partial charge in [-0.2, -0.15) is 0 Å². The van der Waals surface area contributed by atoms with E-state index in [0.29, 0.717) is 23.7 Å². The molecule has 0 saturated carbocycles. The van der Waals surface area contributed by atoms with Crippen molar-refractivity contribution in [3.63, 3.8) is 0 Å². The topological polar surface area (TPSA) is 88.8 Å². The van der Waals surface area contributed by atoms with Crippen LogP contribution in [0.25, 0.3) is 0 Å². The zero-order chi connectivity index (χ0) is 18.6. The fourth-order valence-electron chi connectivity index (χ4n) is 2.66. The Bertz CT molecular complexity index is 826. The standard InChI is InChI=1S/C18H25NO5S/c1-5-23-18-7-6-15(10-12(18)2)25(21,22)19-9-8-17(20)16-11-13(3)24-14(16)4/h6-7,10-11,17,19-20H,5,8-9H2,1-4H3/t17-/m1/s1. The van der Waals surface area contributed by atoms with Crippen molar-refractivity contribution >= 4 is 10.0 Å².